The Morgan fingerprint density at radius 2 is 2.29 bits per heavy atom. The van der Waals surface area contributed by atoms with Crippen molar-refractivity contribution in [3.63, 3.8) is 0 Å². The van der Waals surface area contributed by atoms with Crippen molar-refractivity contribution in [2.24, 2.45) is 5.92 Å². The molecule has 1 heterocycles. The summed E-state index contributed by atoms with van der Waals surface area (Å²) in [4.78, 5) is 16.8. The fourth-order valence-electron chi connectivity index (χ4n) is 1.20. The van der Waals surface area contributed by atoms with Crippen LogP contribution in [-0.4, -0.2) is 28.8 Å². The molecule has 0 spiro atoms. The Labute approximate surface area is 105 Å². The van der Waals surface area contributed by atoms with Crippen LogP contribution in [0, 0.1) is 12.8 Å². The van der Waals surface area contributed by atoms with Gasteiger partial charge in [0.1, 0.15) is 5.01 Å². The van der Waals surface area contributed by atoms with Gasteiger partial charge in [0.2, 0.25) is 0 Å². The van der Waals surface area contributed by atoms with E-state index >= 15 is 0 Å². The van der Waals surface area contributed by atoms with Gasteiger partial charge in [0.05, 0.1) is 6.54 Å². The molecule has 1 rings (SSSR count). The number of amides is 2. The molecule has 1 aromatic heterocycles. The molecule has 5 nitrogen and oxygen atoms in total. The van der Waals surface area contributed by atoms with Crippen molar-refractivity contribution in [1.82, 2.24) is 15.6 Å². The maximum Gasteiger partial charge on any atom is 0.315 e. The molecular formula is C11H19N3O2S. The largest absolute Gasteiger partial charge is 0.396 e. The van der Waals surface area contributed by atoms with Gasteiger partial charge in [-0.05, 0) is 19.8 Å². The lowest BCUT2D eigenvalue weighted by Gasteiger charge is -2.19. The summed E-state index contributed by atoms with van der Waals surface area (Å²) in [7, 11) is 0. The number of aliphatic hydroxyl groups is 1. The standard InChI is InChI=1S/C11H19N3O2S/c1-7(6-15)9(3)14-11(16)13-5-10-12-4-8(2)17-10/h4,7,9,15H,5-6H2,1-3H3,(H2,13,14,16). The van der Waals surface area contributed by atoms with Gasteiger partial charge < -0.3 is 15.7 Å². The van der Waals surface area contributed by atoms with E-state index in [0.717, 1.165) is 9.88 Å². The third-order valence-electron chi connectivity index (χ3n) is 2.57. The summed E-state index contributed by atoms with van der Waals surface area (Å²) in [6.45, 7) is 6.23. The number of rotatable bonds is 5. The molecule has 0 saturated heterocycles. The minimum atomic E-state index is -0.231. The summed E-state index contributed by atoms with van der Waals surface area (Å²) < 4.78 is 0. The monoisotopic (exact) mass is 257 g/mol. The van der Waals surface area contributed by atoms with Crippen molar-refractivity contribution < 1.29 is 9.90 Å². The lowest BCUT2D eigenvalue weighted by molar-refractivity contribution is 0.200. The van der Waals surface area contributed by atoms with Gasteiger partial charge in [-0.2, -0.15) is 0 Å². The van der Waals surface area contributed by atoms with E-state index in [0.29, 0.717) is 6.54 Å². The van der Waals surface area contributed by atoms with Crippen LogP contribution in [0.1, 0.15) is 23.7 Å². The van der Waals surface area contributed by atoms with Crippen LogP contribution in [0.4, 0.5) is 4.79 Å². The first-order valence-corrected chi connectivity index (χ1v) is 6.41. The van der Waals surface area contributed by atoms with Crippen LogP contribution >= 0.6 is 11.3 Å². The molecule has 2 atom stereocenters. The highest BCUT2D eigenvalue weighted by Crippen LogP contribution is 2.10. The normalized spacial score (nSPS) is 14.1. The zero-order valence-corrected chi connectivity index (χ0v) is 11.2. The van der Waals surface area contributed by atoms with Crippen LogP contribution in [0.2, 0.25) is 0 Å². The van der Waals surface area contributed by atoms with Gasteiger partial charge in [0.25, 0.3) is 0 Å². The molecule has 0 aliphatic carbocycles. The average molecular weight is 257 g/mol. The van der Waals surface area contributed by atoms with E-state index in [9.17, 15) is 4.79 Å². The second-order valence-corrected chi connectivity index (χ2v) is 5.46. The Bertz CT molecular complexity index is 367. The summed E-state index contributed by atoms with van der Waals surface area (Å²) in [5, 5.41) is 15.4. The molecule has 0 fully saturated rings. The number of urea groups is 1. The highest BCUT2D eigenvalue weighted by Gasteiger charge is 2.13. The molecule has 0 aliphatic rings. The van der Waals surface area contributed by atoms with Gasteiger partial charge >= 0.3 is 6.03 Å². The first-order chi connectivity index (χ1) is 8.02. The van der Waals surface area contributed by atoms with Crippen LogP contribution in [0.25, 0.3) is 0 Å². The Kier molecular flexibility index (Phi) is 5.37. The highest BCUT2D eigenvalue weighted by atomic mass is 32.1. The molecule has 0 bridgehead atoms. The minimum Gasteiger partial charge on any atom is -0.396 e. The van der Waals surface area contributed by atoms with Gasteiger partial charge in [-0.15, -0.1) is 11.3 Å². The summed E-state index contributed by atoms with van der Waals surface area (Å²) in [5.74, 6) is 0.0443. The summed E-state index contributed by atoms with van der Waals surface area (Å²) in [5.41, 5.74) is 0. The molecule has 2 unspecified atom stereocenters. The van der Waals surface area contributed by atoms with E-state index in [-0.39, 0.29) is 24.6 Å². The Hall–Kier alpha value is -1.14. The maximum absolute atomic E-state index is 11.5. The van der Waals surface area contributed by atoms with Crippen molar-refractivity contribution >= 4 is 17.4 Å². The molecule has 6 heteroatoms. The first-order valence-electron chi connectivity index (χ1n) is 5.59. The average Bonchev–Trinajstić information content (AvgIpc) is 2.71. The quantitative estimate of drug-likeness (QED) is 0.743. The van der Waals surface area contributed by atoms with Gasteiger partial charge in [-0.1, -0.05) is 6.92 Å². The third-order valence-corrected chi connectivity index (χ3v) is 3.48. The van der Waals surface area contributed by atoms with Crippen LogP contribution in [-0.2, 0) is 6.54 Å². The number of aromatic nitrogens is 1. The zero-order chi connectivity index (χ0) is 12.8. The molecule has 0 aliphatic heterocycles. The second-order valence-electron chi connectivity index (χ2n) is 4.14. The Morgan fingerprint density at radius 1 is 1.59 bits per heavy atom. The van der Waals surface area contributed by atoms with Crippen LogP contribution < -0.4 is 10.6 Å². The SMILES string of the molecule is Cc1cnc(CNC(=O)NC(C)C(C)CO)s1. The lowest BCUT2D eigenvalue weighted by Crippen LogP contribution is -2.43. The molecule has 1 aromatic rings. The molecule has 17 heavy (non-hydrogen) atoms. The number of carbonyl (C=O) groups excluding carboxylic acids is 1. The third kappa shape index (κ3) is 4.70. The van der Waals surface area contributed by atoms with Crippen LogP contribution in [0.5, 0.6) is 0 Å². The molecule has 0 radical (unpaired) electrons. The number of aryl methyl sites for hydroxylation is 1. The molecule has 3 N–H and O–H groups in total. The number of nitrogens with one attached hydrogen (secondary N) is 2. The van der Waals surface area contributed by atoms with Crippen LogP contribution in [0.3, 0.4) is 0 Å². The first kappa shape index (κ1) is 13.9. The number of hydrogen-bond donors (Lipinski definition) is 3. The molecular weight excluding hydrogens is 238 g/mol. The smallest absolute Gasteiger partial charge is 0.315 e. The predicted octanol–water partition coefficient (Wildman–Crippen LogP) is 1.27. The summed E-state index contributed by atoms with van der Waals surface area (Å²) in [6.07, 6.45) is 1.79. The second kappa shape index (κ2) is 6.56. The Balaban J connectivity index is 2.30. The van der Waals surface area contributed by atoms with E-state index in [1.165, 1.54) is 0 Å². The van der Waals surface area contributed by atoms with Gasteiger partial charge in [-0.3, -0.25) is 0 Å². The topological polar surface area (TPSA) is 74.2 Å². The number of thiazole rings is 1. The molecule has 2 amide bonds. The number of carbonyl (C=O) groups is 1. The van der Waals surface area contributed by atoms with Gasteiger partial charge in [0.15, 0.2) is 0 Å². The van der Waals surface area contributed by atoms with Gasteiger partial charge in [0, 0.05) is 23.7 Å². The fourth-order valence-corrected chi connectivity index (χ4v) is 1.92. The zero-order valence-electron chi connectivity index (χ0n) is 10.4. The predicted molar refractivity (Wildman–Crippen MR) is 67.9 cm³/mol. The van der Waals surface area contributed by atoms with E-state index < -0.39 is 0 Å². The van der Waals surface area contributed by atoms with Crippen molar-refractivity contribution in [1.29, 1.82) is 0 Å². The lowest BCUT2D eigenvalue weighted by atomic mass is 10.1. The van der Waals surface area contributed by atoms with Crippen molar-refractivity contribution in [3.8, 4) is 0 Å². The number of aliphatic hydroxyl groups excluding tert-OH is 1. The molecule has 0 saturated carbocycles. The number of hydrogen-bond acceptors (Lipinski definition) is 4. The van der Waals surface area contributed by atoms with Crippen molar-refractivity contribution in [3.05, 3.63) is 16.1 Å². The van der Waals surface area contributed by atoms with Gasteiger partial charge in [-0.25, -0.2) is 9.78 Å². The van der Waals surface area contributed by atoms with E-state index in [1.54, 1.807) is 17.5 Å². The van der Waals surface area contributed by atoms with Crippen LogP contribution in [0.15, 0.2) is 6.20 Å². The Morgan fingerprint density at radius 3 is 2.82 bits per heavy atom. The minimum absolute atomic E-state index is 0.0443. The maximum atomic E-state index is 11.5. The molecule has 0 aromatic carbocycles. The number of nitrogens with zero attached hydrogens (tertiary/aromatic N) is 1. The van der Waals surface area contributed by atoms with E-state index in [4.69, 9.17) is 5.11 Å². The fraction of sp³-hybridized carbons (Fsp3) is 0.636. The van der Waals surface area contributed by atoms with E-state index in [2.05, 4.69) is 15.6 Å². The summed E-state index contributed by atoms with van der Waals surface area (Å²) in [6, 6.07) is -0.288. The van der Waals surface area contributed by atoms with Crippen molar-refractivity contribution in [2.75, 3.05) is 6.61 Å². The van der Waals surface area contributed by atoms with Crippen molar-refractivity contribution in [2.45, 2.75) is 33.4 Å². The van der Waals surface area contributed by atoms with E-state index in [1.807, 2.05) is 20.8 Å². The molecule has 96 valence electrons. The highest BCUT2D eigenvalue weighted by molar-refractivity contribution is 7.11. The summed E-state index contributed by atoms with van der Waals surface area (Å²) >= 11 is 1.57.